The first-order valence-corrected chi connectivity index (χ1v) is 24.3. The van der Waals surface area contributed by atoms with Crippen molar-refractivity contribution in [2.75, 3.05) is 4.90 Å². The molecule has 1 aromatic heterocycles. The van der Waals surface area contributed by atoms with Crippen molar-refractivity contribution < 1.29 is 4.79 Å². The number of rotatable bonds is 9. The molecule has 0 radical (unpaired) electrons. The summed E-state index contributed by atoms with van der Waals surface area (Å²) in [5, 5.41) is 2.35. The third-order valence-electron chi connectivity index (χ3n) is 14.4. The molecular formula is C68H46N2O. The average molecular weight is 907 g/mol. The van der Waals surface area contributed by atoms with Crippen molar-refractivity contribution in [2.45, 2.75) is 5.41 Å². The summed E-state index contributed by atoms with van der Waals surface area (Å²) in [6.45, 7) is 0. The largest absolute Gasteiger partial charge is 0.310 e. The fourth-order valence-electron chi connectivity index (χ4n) is 11.2. The summed E-state index contributed by atoms with van der Waals surface area (Å²) >= 11 is 0. The third-order valence-corrected chi connectivity index (χ3v) is 14.4. The van der Waals surface area contributed by atoms with Crippen LogP contribution in [0.3, 0.4) is 0 Å². The molecule has 3 nitrogen and oxygen atoms in total. The van der Waals surface area contributed by atoms with Gasteiger partial charge in [0, 0.05) is 44.6 Å². The first-order valence-electron chi connectivity index (χ1n) is 24.3. The molecule has 0 N–H and O–H groups in total. The highest BCUT2D eigenvalue weighted by atomic mass is 16.1. The van der Waals surface area contributed by atoms with Crippen LogP contribution in [0, 0.1) is 0 Å². The molecule has 1 aliphatic rings. The van der Waals surface area contributed by atoms with Crippen LogP contribution in [0.25, 0.3) is 60.9 Å². The van der Waals surface area contributed by atoms with Crippen LogP contribution in [0.15, 0.2) is 279 Å². The maximum atomic E-state index is 14.5. The van der Waals surface area contributed by atoms with E-state index in [1.165, 1.54) is 21.9 Å². The average Bonchev–Trinajstić information content (AvgIpc) is 3.78. The molecule has 1 heterocycles. The van der Waals surface area contributed by atoms with Gasteiger partial charge in [-0.05, 0) is 128 Å². The fraction of sp³-hybridized carbons (Fsp3) is 0.0147. The SMILES string of the molecule is O=C1c2ccccc2C(c2ccccc2)(c2ccccc2)c2cc(-c3cccc(-c4ccc5c(c4)c4ccc(N(c6ccccc6)c6ccccc6)cc4n5-c4cccc(-c5ccccc5)c4)c3)ccc21. The number of hydrogen-bond donors (Lipinski definition) is 0. The minimum absolute atomic E-state index is 0.0533. The van der Waals surface area contributed by atoms with E-state index in [1.54, 1.807) is 0 Å². The number of benzene rings is 11. The van der Waals surface area contributed by atoms with E-state index in [4.69, 9.17) is 0 Å². The van der Waals surface area contributed by atoms with Crippen molar-refractivity contribution >= 4 is 44.7 Å². The Bertz CT molecular complexity index is 3860. The normalized spacial score (nSPS) is 12.6. The quantitative estimate of drug-likeness (QED) is 0.144. The van der Waals surface area contributed by atoms with Crippen LogP contribution in [0.4, 0.5) is 17.1 Å². The minimum atomic E-state index is -0.713. The molecule has 0 saturated heterocycles. The van der Waals surface area contributed by atoms with Gasteiger partial charge in [0.15, 0.2) is 5.78 Å². The molecule has 13 rings (SSSR count). The van der Waals surface area contributed by atoms with Crippen LogP contribution < -0.4 is 4.90 Å². The standard InChI is InChI=1S/C68H46N2O/c71-67-60-34-16-17-35-63(60)68(53-25-8-2-9-26-53,54-27-10-3-11-28-54)64-45-52(36-39-61(64)67)49-23-18-22-48(42-49)51-37-41-65-62(44-51)59-40-38-58(69(55-29-12-4-13-30-55)56-31-14-5-15-32-56)46-66(59)70(65)57-33-19-24-50(43-57)47-20-6-1-7-21-47/h1-46H. The summed E-state index contributed by atoms with van der Waals surface area (Å²) in [5.74, 6) is 0.0533. The number of ketones is 1. The van der Waals surface area contributed by atoms with Gasteiger partial charge in [-0.1, -0.05) is 206 Å². The monoisotopic (exact) mass is 906 g/mol. The van der Waals surface area contributed by atoms with Crippen LogP contribution in [0.5, 0.6) is 0 Å². The van der Waals surface area contributed by atoms with Gasteiger partial charge in [-0.2, -0.15) is 0 Å². The molecule has 334 valence electrons. The first kappa shape index (κ1) is 41.8. The number of aromatic nitrogens is 1. The first-order chi connectivity index (χ1) is 35.1. The molecule has 0 amide bonds. The Morgan fingerprint density at radius 2 is 0.817 bits per heavy atom. The minimum Gasteiger partial charge on any atom is -0.310 e. The van der Waals surface area contributed by atoms with Gasteiger partial charge >= 0.3 is 0 Å². The molecule has 0 bridgehead atoms. The second kappa shape index (κ2) is 17.3. The Kier molecular flexibility index (Phi) is 10.2. The van der Waals surface area contributed by atoms with Crippen LogP contribution >= 0.6 is 0 Å². The van der Waals surface area contributed by atoms with Crippen molar-refractivity contribution in [1.29, 1.82) is 0 Å². The zero-order valence-electron chi connectivity index (χ0n) is 38.9. The lowest BCUT2D eigenvalue weighted by Gasteiger charge is -2.42. The zero-order chi connectivity index (χ0) is 47.3. The second-order valence-electron chi connectivity index (χ2n) is 18.4. The highest BCUT2D eigenvalue weighted by Crippen LogP contribution is 2.52. The van der Waals surface area contributed by atoms with E-state index in [9.17, 15) is 4.79 Å². The van der Waals surface area contributed by atoms with Gasteiger partial charge in [0.05, 0.1) is 16.4 Å². The van der Waals surface area contributed by atoms with E-state index in [0.717, 1.165) is 89.4 Å². The lowest BCUT2D eigenvalue weighted by atomic mass is 9.59. The van der Waals surface area contributed by atoms with Gasteiger partial charge in [0.1, 0.15) is 0 Å². The van der Waals surface area contributed by atoms with Crippen molar-refractivity contribution in [3.63, 3.8) is 0 Å². The Morgan fingerprint density at radius 3 is 1.48 bits per heavy atom. The predicted octanol–water partition coefficient (Wildman–Crippen LogP) is 17.2. The molecule has 0 saturated carbocycles. The number of hydrogen-bond acceptors (Lipinski definition) is 2. The molecule has 0 unspecified atom stereocenters. The van der Waals surface area contributed by atoms with E-state index >= 15 is 0 Å². The van der Waals surface area contributed by atoms with E-state index in [2.05, 4.69) is 276 Å². The fourth-order valence-corrected chi connectivity index (χ4v) is 11.2. The predicted molar refractivity (Wildman–Crippen MR) is 294 cm³/mol. The molecule has 0 spiro atoms. The second-order valence-corrected chi connectivity index (χ2v) is 18.4. The van der Waals surface area contributed by atoms with Gasteiger partial charge in [0.2, 0.25) is 0 Å². The van der Waals surface area contributed by atoms with Crippen molar-refractivity contribution in [1.82, 2.24) is 4.57 Å². The van der Waals surface area contributed by atoms with E-state index in [0.29, 0.717) is 0 Å². The van der Waals surface area contributed by atoms with E-state index in [1.807, 2.05) is 12.1 Å². The van der Waals surface area contributed by atoms with Crippen LogP contribution in [0.1, 0.15) is 38.2 Å². The van der Waals surface area contributed by atoms with E-state index in [-0.39, 0.29) is 5.78 Å². The number of anilines is 3. The number of fused-ring (bicyclic) bond motifs is 5. The summed E-state index contributed by atoms with van der Waals surface area (Å²) in [7, 11) is 0. The Balaban J connectivity index is 0.974. The number of para-hydroxylation sites is 2. The lowest BCUT2D eigenvalue weighted by Crippen LogP contribution is -2.38. The molecule has 3 heteroatoms. The van der Waals surface area contributed by atoms with Crippen LogP contribution in [-0.2, 0) is 5.41 Å². The Morgan fingerprint density at radius 1 is 0.310 bits per heavy atom. The number of carbonyl (C=O) groups is 1. The van der Waals surface area contributed by atoms with E-state index < -0.39 is 5.41 Å². The third kappa shape index (κ3) is 7.01. The highest BCUT2D eigenvalue weighted by molar-refractivity contribution is 6.15. The summed E-state index contributed by atoms with van der Waals surface area (Å²) in [5.41, 5.74) is 18.3. The molecule has 0 atom stereocenters. The topological polar surface area (TPSA) is 25.2 Å². The van der Waals surface area contributed by atoms with Crippen molar-refractivity contribution in [3.8, 4) is 39.1 Å². The summed E-state index contributed by atoms with van der Waals surface area (Å²) in [6, 6.07) is 99.3. The van der Waals surface area contributed by atoms with Gasteiger partial charge in [-0.25, -0.2) is 0 Å². The maximum absolute atomic E-state index is 14.5. The summed E-state index contributed by atoms with van der Waals surface area (Å²) < 4.78 is 2.42. The Labute approximate surface area is 413 Å². The van der Waals surface area contributed by atoms with Crippen molar-refractivity contribution in [2.24, 2.45) is 0 Å². The molecule has 0 fully saturated rings. The molecular weight excluding hydrogens is 861 g/mol. The molecule has 1 aliphatic carbocycles. The van der Waals surface area contributed by atoms with Crippen LogP contribution in [0.2, 0.25) is 0 Å². The molecule has 71 heavy (non-hydrogen) atoms. The van der Waals surface area contributed by atoms with Crippen LogP contribution in [-0.4, -0.2) is 10.4 Å². The lowest BCUT2D eigenvalue weighted by molar-refractivity contribution is 0.103. The smallest absolute Gasteiger partial charge is 0.193 e. The van der Waals surface area contributed by atoms with Gasteiger partial charge in [0.25, 0.3) is 0 Å². The summed E-state index contributed by atoms with van der Waals surface area (Å²) in [4.78, 5) is 16.8. The highest BCUT2D eigenvalue weighted by Gasteiger charge is 2.46. The zero-order valence-corrected chi connectivity index (χ0v) is 38.9. The molecule has 12 aromatic rings. The van der Waals surface area contributed by atoms with Gasteiger partial charge in [-0.3, -0.25) is 4.79 Å². The van der Waals surface area contributed by atoms with Gasteiger partial charge < -0.3 is 9.47 Å². The van der Waals surface area contributed by atoms with Gasteiger partial charge in [-0.15, -0.1) is 0 Å². The maximum Gasteiger partial charge on any atom is 0.193 e. The Hall–Kier alpha value is -9.31. The number of carbonyl (C=O) groups excluding carboxylic acids is 1. The number of nitrogens with zero attached hydrogens (tertiary/aromatic N) is 2. The summed E-state index contributed by atoms with van der Waals surface area (Å²) in [6.07, 6.45) is 0. The van der Waals surface area contributed by atoms with Crippen molar-refractivity contribution in [3.05, 3.63) is 312 Å². The molecule has 0 aliphatic heterocycles. The molecule has 11 aromatic carbocycles.